The van der Waals surface area contributed by atoms with Gasteiger partial charge in [-0.05, 0) is 70.6 Å². The number of ether oxygens (including phenoxy) is 1. The quantitative estimate of drug-likeness (QED) is 0.103. The Bertz CT molecular complexity index is 1890. The molecule has 0 bridgehead atoms. The van der Waals surface area contributed by atoms with E-state index >= 15 is 0 Å². The van der Waals surface area contributed by atoms with E-state index in [1.807, 2.05) is 11.9 Å². The minimum Gasteiger partial charge on any atom is -0.510 e. The highest BCUT2D eigenvalue weighted by Crippen LogP contribution is 2.55. The number of nitrogens with one attached hydrogen (secondary N) is 1. The number of hydrogen-bond acceptors (Lipinski definition) is 16. The maximum Gasteiger partial charge on any atom is 0.255 e. The van der Waals surface area contributed by atoms with Crippen LogP contribution in [0.2, 0.25) is 0 Å². The van der Waals surface area contributed by atoms with Crippen molar-refractivity contribution in [2.75, 3.05) is 33.9 Å². The van der Waals surface area contributed by atoms with E-state index in [0.717, 1.165) is 25.8 Å². The third-order valence-electron chi connectivity index (χ3n) is 12.6. The average Bonchev–Trinajstić information content (AvgIpc) is 3.54. The number of likely N-dealkylation sites (N-methyl/N-ethyl adjacent to an activating group) is 2. The van der Waals surface area contributed by atoms with Gasteiger partial charge in [-0.3, -0.25) is 29.0 Å². The molecule has 2 heterocycles. The van der Waals surface area contributed by atoms with Crippen molar-refractivity contribution in [1.29, 1.82) is 0 Å². The largest absolute Gasteiger partial charge is 0.510 e. The van der Waals surface area contributed by atoms with E-state index in [4.69, 9.17) is 22.1 Å². The molecule has 15 atom stereocenters. The van der Waals surface area contributed by atoms with Crippen molar-refractivity contribution in [2.45, 2.75) is 111 Å². The number of aliphatic hydroxyl groups is 7. The molecule has 62 heavy (non-hydrogen) atoms. The number of Topliss-reactive ketones (excluding diaryl/α,β-unsaturated/α-hetero) is 2. The second-order valence-corrected chi connectivity index (χ2v) is 18.2. The van der Waals surface area contributed by atoms with Crippen LogP contribution < -0.4 is 11.1 Å². The monoisotopic (exact) mass is 940 g/mol. The number of rotatable bonds is 9. The van der Waals surface area contributed by atoms with E-state index in [1.54, 1.807) is 32.2 Å². The molecule has 0 saturated carbocycles. The number of carbonyl (C=O) groups is 4. The first kappa shape index (κ1) is 55.0. The fraction of sp³-hybridized carbons (Fsp3) is 0.650. The molecule has 1 aromatic carbocycles. The maximum atomic E-state index is 13.3. The number of likely N-dealkylation sites (tertiary alicyclic amines) is 1. The minimum atomic E-state index is -2.89. The van der Waals surface area contributed by atoms with Crippen LogP contribution in [0.5, 0.6) is 5.75 Å². The molecular formula is C40H62Cl2N4O15S. The smallest absolute Gasteiger partial charge is 0.255 e. The number of aromatic hydroxyl groups is 1. The Morgan fingerprint density at radius 2 is 1.69 bits per heavy atom. The number of primary amides is 1. The summed E-state index contributed by atoms with van der Waals surface area (Å²) in [6.45, 7) is 6.42. The first-order valence-corrected chi connectivity index (χ1v) is 21.3. The highest BCUT2D eigenvalue weighted by molar-refractivity contribution is 7.99. The number of ketones is 2. The van der Waals surface area contributed by atoms with Gasteiger partial charge in [0.15, 0.2) is 11.4 Å². The molecule has 6 rings (SSSR count). The molecule has 15 N–H and O–H groups in total. The number of alkyl halides is 1. The number of halogens is 2. The molecule has 0 aromatic heterocycles. The van der Waals surface area contributed by atoms with Crippen molar-refractivity contribution in [3.05, 3.63) is 52.0 Å². The number of nitrogens with zero attached hydrogens (tertiary/aromatic N) is 2. The molecule has 0 unspecified atom stereocenters. The zero-order valence-corrected chi connectivity index (χ0v) is 37.8. The van der Waals surface area contributed by atoms with Crippen LogP contribution in [0.3, 0.4) is 0 Å². The maximum absolute atomic E-state index is 13.3. The molecule has 2 aliphatic heterocycles. The van der Waals surface area contributed by atoms with E-state index in [9.17, 15) is 60.0 Å². The van der Waals surface area contributed by atoms with Crippen molar-refractivity contribution in [2.24, 2.45) is 23.5 Å². The van der Waals surface area contributed by atoms with Crippen LogP contribution in [0.15, 0.2) is 40.9 Å². The van der Waals surface area contributed by atoms with Crippen molar-refractivity contribution < 1.29 is 75.7 Å². The summed E-state index contributed by atoms with van der Waals surface area (Å²) in [6, 6.07) is 2.23. The highest BCUT2D eigenvalue weighted by Gasteiger charge is 2.67. The predicted molar refractivity (Wildman–Crippen MR) is 231 cm³/mol. The predicted octanol–water partition coefficient (Wildman–Crippen LogP) is -1.19. The summed E-state index contributed by atoms with van der Waals surface area (Å²) in [5.74, 6) is -8.51. The number of amides is 2. The van der Waals surface area contributed by atoms with Gasteiger partial charge in [-0.1, -0.05) is 32.4 Å². The molecule has 0 radical (unpaired) electrons. The first-order valence-electron chi connectivity index (χ1n) is 19.6. The number of carbonyl (C=O) groups excluding carboxylic acids is 4. The summed E-state index contributed by atoms with van der Waals surface area (Å²) < 4.78 is 5.79. The third kappa shape index (κ3) is 9.35. The van der Waals surface area contributed by atoms with Crippen LogP contribution in [0, 0.1) is 17.8 Å². The van der Waals surface area contributed by atoms with E-state index in [0.29, 0.717) is 11.5 Å². The Morgan fingerprint density at radius 1 is 1.08 bits per heavy atom. The lowest BCUT2D eigenvalue weighted by molar-refractivity contribution is -0.205. The van der Waals surface area contributed by atoms with Crippen LogP contribution in [0.4, 0.5) is 0 Å². The summed E-state index contributed by atoms with van der Waals surface area (Å²) in [5, 5.41) is 88.1. The lowest BCUT2D eigenvalue weighted by atomic mass is 9.55. The Hall–Kier alpha value is -3.09. The normalized spacial score (nSPS) is 35.1. The summed E-state index contributed by atoms with van der Waals surface area (Å²) in [7, 11) is 4.91. The van der Waals surface area contributed by atoms with Gasteiger partial charge in [-0.15, -0.1) is 35.8 Å². The number of hydrogen-bond donors (Lipinski definition) is 10. The molecule has 352 valence electrons. The third-order valence-corrected chi connectivity index (χ3v) is 13.8. The molecule has 1 aromatic rings. The molecule has 2 fully saturated rings. The van der Waals surface area contributed by atoms with Gasteiger partial charge in [-0.2, -0.15) is 0 Å². The summed E-state index contributed by atoms with van der Waals surface area (Å²) in [6.07, 6.45) is -1.69. The van der Waals surface area contributed by atoms with Gasteiger partial charge in [0.1, 0.15) is 52.7 Å². The second-order valence-electron chi connectivity index (χ2n) is 16.5. The summed E-state index contributed by atoms with van der Waals surface area (Å²) in [4.78, 5) is 54.8. The second kappa shape index (κ2) is 21.3. The fourth-order valence-corrected chi connectivity index (χ4v) is 10.6. The lowest BCUT2D eigenvalue weighted by Gasteiger charge is -2.53. The summed E-state index contributed by atoms with van der Waals surface area (Å²) >= 11 is 7.55. The molecule has 5 aliphatic rings. The first-order chi connectivity index (χ1) is 27.6. The molecule has 3 aliphatic carbocycles. The molecule has 2 saturated heterocycles. The van der Waals surface area contributed by atoms with Crippen molar-refractivity contribution in [1.82, 2.24) is 15.1 Å². The number of benzene rings is 1. The van der Waals surface area contributed by atoms with Gasteiger partial charge in [0.05, 0.1) is 41.1 Å². The van der Waals surface area contributed by atoms with Crippen molar-refractivity contribution in [3.8, 4) is 5.75 Å². The Morgan fingerprint density at radius 3 is 2.23 bits per heavy atom. The Labute approximate surface area is 375 Å². The van der Waals surface area contributed by atoms with E-state index in [2.05, 4.69) is 12.2 Å². The van der Waals surface area contributed by atoms with Gasteiger partial charge in [0.25, 0.3) is 5.91 Å². The van der Waals surface area contributed by atoms with Crippen LogP contribution in [-0.2, 0) is 19.1 Å². The van der Waals surface area contributed by atoms with Crippen molar-refractivity contribution in [3.63, 3.8) is 0 Å². The van der Waals surface area contributed by atoms with Crippen LogP contribution in [-0.4, -0.2) is 184 Å². The molecule has 0 spiro atoms. The number of phenols is 1. The van der Waals surface area contributed by atoms with Crippen LogP contribution in [0.1, 0.15) is 61.9 Å². The standard InChI is InChI=1S/C22H24N2O8.C18H33ClN2O5S.ClH.2H2O/c1-7-8-5-4-6-9(25)11(8)16(26)12-10(7)17(27)14-15(24(2)3)18(28)13(21(23)31)20(30)22(14,32)19(12)29;1-5-6-10-7-11(21(3)8-10)17(25)20-12(9(2)19)16-14(23)13(22)15(24)18(26-16)27-4;;;/h4-7,10,14-15,17,25,27-29,32H,1-3H3,(H2,23,31);9-16,18,22-24H,5-8H2,1-4H3,(H,20,25);1H;2*1H2/t7-,10+,14+,15-,17-,22-;9-,10+,11-,12+,13-,14+,15+,16+,18+;;;/m00.../s1. The van der Waals surface area contributed by atoms with E-state index in [1.165, 1.54) is 36.8 Å². The highest BCUT2D eigenvalue weighted by atomic mass is 35.5. The number of fused-ring (bicyclic) bond motifs is 3. The van der Waals surface area contributed by atoms with Gasteiger partial charge in [-0.25, -0.2) is 0 Å². The number of aliphatic hydroxyl groups excluding tert-OH is 6. The molecule has 22 heteroatoms. The van der Waals surface area contributed by atoms with E-state index < -0.39 is 117 Å². The van der Waals surface area contributed by atoms with Gasteiger partial charge >= 0.3 is 0 Å². The van der Waals surface area contributed by atoms with Gasteiger partial charge in [0.2, 0.25) is 11.7 Å². The average molecular weight is 942 g/mol. The van der Waals surface area contributed by atoms with Crippen molar-refractivity contribution >= 4 is 59.2 Å². The topological polar surface area (TPSA) is 347 Å². The minimum absolute atomic E-state index is 0. The van der Waals surface area contributed by atoms with Crippen LogP contribution >= 0.6 is 35.8 Å². The SMILES string of the molecule is CCC[C@@H]1C[C@@H](C(=O)N[C@@H]([C@H]2O[C@H](SC)[C@H](O)[C@@H](O)[C@H]2O)[C@H](C)Cl)N(C)C1.C[C@H]1c2cccc(O)c2C(=O)C2=C(O)[C@]3(O)C(=O)C(C(N)=O)=C(O)[C@@H](N(C)C)[C@@H]3[C@@H](O)[C@@H]21.Cl.O.O. The Kier molecular flexibility index (Phi) is 18.9. The fourth-order valence-electron chi connectivity index (χ4n) is 9.70. The lowest BCUT2D eigenvalue weighted by Crippen LogP contribution is -2.68. The summed E-state index contributed by atoms with van der Waals surface area (Å²) in [5.41, 5.74) is 0.660. The van der Waals surface area contributed by atoms with Gasteiger partial charge in [0, 0.05) is 18.0 Å². The molecule has 2 amide bonds. The van der Waals surface area contributed by atoms with Crippen LogP contribution in [0.25, 0.3) is 0 Å². The molecular weight excluding hydrogens is 879 g/mol. The zero-order chi connectivity index (χ0) is 44.2. The van der Waals surface area contributed by atoms with E-state index in [-0.39, 0.29) is 46.6 Å². The number of thioether (sulfide) groups is 1. The molecule has 19 nitrogen and oxygen atoms in total. The number of phenolic OH excluding ortho intramolecular Hbond substituents is 1. The Balaban J connectivity index is 0.000000413. The van der Waals surface area contributed by atoms with Gasteiger partial charge < -0.3 is 67.6 Å². The zero-order valence-electron chi connectivity index (χ0n) is 35.4. The number of nitrogens with two attached hydrogens (primary N) is 1.